The molecule has 0 unspecified atom stereocenters. The van der Waals surface area contributed by atoms with E-state index in [0.29, 0.717) is 0 Å². The quantitative estimate of drug-likeness (QED) is 0.557. The van der Waals surface area contributed by atoms with E-state index < -0.39 is 29.2 Å². The van der Waals surface area contributed by atoms with Crippen LogP contribution in [-0.2, 0) is 9.59 Å². The molecule has 0 bridgehead atoms. The molecule has 0 aliphatic heterocycles. The lowest BCUT2D eigenvalue weighted by molar-refractivity contribution is -0.314. The van der Waals surface area contributed by atoms with E-state index in [-0.39, 0.29) is 12.3 Å². The highest BCUT2D eigenvalue weighted by molar-refractivity contribution is 5.74. The molecule has 0 aromatic rings. The number of rotatable bonds is 2. The zero-order valence-electron chi connectivity index (χ0n) is 8.57. The van der Waals surface area contributed by atoms with Gasteiger partial charge in [-0.25, -0.2) is 0 Å². The van der Waals surface area contributed by atoms with Gasteiger partial charge in [-0.2, -0.15) is 0 Å². The third-order valence-corrected chi connectivity index (χ3v) is 3.75. The summed E-state index contributed by atoms with van der Waals surface area (Å²) in [4.78, 5) is 21.5. The van der Waals surface area contributed by atoms with Crippen molar-refractivity contribution in [3.63, 3.8) is 0 Å². The van der Waals surface area contributed by atoms with E-state index in [1.807, 2.05) is 0 Å². The first-order valence-corrected chi connectivity index (χ1v) is 4.70. The molecular formula is C10H14O4-2. The second kappa shape index (κ2) is 3.26. The van der Waals surface area contributed by atoms with Crippen LogP contribution in [0.5, 0.6) is 0 Å². The first-order valence-electron chi connectivity index (χ1n) is 4.70. The molecule has 4 nitrogen and oxygen atoms in total. The molecule has 1 aliphatic rings. The fourth-order valence-corrected chi connectivity index (χ4v) is 2.30. The van der Waals surface area contributed by atoms with Crippen molar-refractivity contribution in [1.82, 2.24) is 0 Å². The number of carboxylic acids is 2. The largest absolute Gasteiger partial charge is 0.550 e. The molecule has 0 spiro atoms. The monoisotopic (exact) mass is 198 g/mol. The predicted octanol–water partition coefficient (Wildman–Crippen LogP) is -1.22. The van der Waals surface area contributed by atoms with Crippen LogP contribution in [0.25, 0.3) is 0 Å². The summed E-state index contributed by atoms with van der Waals surface area (Å²) in [5.74, 6) is -3.89. The molecule has 1 fully saturated rings. The summed E-state index contributed by atoms with van der Waals surface area (Å²) in [7, 11) is 0. The molecule has 80 valence electrons. The van der Waals surface area contributed by atoms with Gasteiger partial charge >= 0.3 is 0 Å². The summed E-state index contributed by atoms with van der Waals surface area (Å²) in [5, 5.41) is 21.5. The lowest BCUT2D eigenvalue weighted by Crippen LogP contribution is -2.39. The maximum atomic E-state index is 10.8. The van der Waals surface area contributed by atoms with Crippen LogP contribution in [0.1, 0.15) is 27.2 Å². The van der Waals surface area contributed by atoms with E-state index in [1.165, 1.54) is 0 Å². The first kappa shape index (κ1) is 11.0. The number of hydrogen-bond donors (Lipinski definition) is 0. The zero-order valence-corrected chi connectivity index (χ0v) is 8.57. The van der Waals surface area contributed by atoms with E-state index in [2.05, 4.69) is 0 Å². The highest BCUT2D eigenvalue weighted by atomic mass is 16.4. The Morgan fingerprint density at radius 2 is 1.71 bits per heavy atom. The average Bonchev–Trinajstić information content (AvgIpc) is 2.24. The number of carbonyl (C=O) groups excluding carboxylic acids is 2. The van der Waals surface area contributed by atoms with Crippen LogP contribution in [0.15, 0.2) is 0 Å². The van der Waals surface area contributed by atoms with Gasteiger partial charge < -0.3 is 19.8 Å². The van der Waals surface area contributed by atoms with Gasteiger partial charge in [0, 0.05) is 23.8 Å². The highest BCUT2D eigenvalue weighted by Gasteiger charge is 2.47. The summed E-state index contributed by atoms with van der Waals surface area (Å²) in [6.07, 6.45) is 0.124. The molecule has 14 heavy (non-hydrogen) atoms. The maximum Gasteiger partial charge on any atom is 0.0450 e. The third kappa shape index (κ3) is 1.49. The minimum Gasteiger partial charge on any atom is -0.550 e. The van der Waals surface area contributed by atoms with Crippen molar-refractivity contribution < 1.29 is 19.8 Å². The second-order valence-electron chi connectivity index (χ2n) is 4.64. The number of hydrogen-bond acceptors (Lipinski definition) is 4. The smallest absolute Gasteiger partial charge is 0.0450 e. The Bertz CT molecular complexity index is 269. The Balaban J connectivity index is 2.96. The second-order valence-corrected chi connectivity index (χ2v) is 4.64. The molecule has 0 saturated heterocycles. The third-order valence-electron chi connectivity index (χ3n) is 3.75. The molecule has 1 aliphatic carbocycles. The lowest BCUT2D eigenvalue weighted by Gasteiger charge is -2.32. The molecule has 0 radical (unpaired) electrons. The van der Waals surface area contributed by atoms with Gasteiger partial charge in [0.05, 0.1) is 0 Å². The number of carboxylic acid groups (broad SMARTS) is 2. The maximum absolute atomic E-state index is 10.8. The molecule has 1 rings (SSSR count). The van der Waals surface area contributed by atoms with Crippen LogP contribution >= 0.6 is 0 Å². The predicted molar refractivity (Wildman–Crippen MR) is 44.6 cm³/mol. The average molecular weight is 198 g/mol. The van der Waals surface area contributed by atoms with Crippen molar-refractivity contribution in [2.24, 2.45) is 23.2 Å². The summed E-state index contributed by atoms with van der Waals surface area (Å²) in [6, 6.07) is 0. The minimum absolute atomic E-state index is 0.124. The molecule has 0 heterocycles. The van der Waals surface area contributed by atoms with Gasteiger partial charge in [0.2, 0.25) is 0 Å². The summed E-state index contributed by atoms with van der Waals surface area (Å²) < 4.78 is 0. The summed E-state index contributed by atoms with van der Waals surface area (Å²) >= 11 is 0. The van der Waals surface area contributed by atoms with Crippen LogP contribution < -0.4 is 10.2 Å². The van der Waals surface area contributed by atoms with Crippen molar-refractivity contribution in [1.29, 1.82) is 0 Å². The fraction of sp³-hybridized carbons (Fsp3) is 0.800. The summed E-state index contributed by atoms with van der Waals surface area (Å²) in [6.45, 7) is 5.28. The van der Waals surface area contributed by atoms with Crippen molar-refractivity contribution in [2.75, 3.05) is 0 Å². The lowest BCUT2D eigenvalue weighted by atomic mass is 9.75. The van der Waals surface area contributed by atoms with Gasteiger partial charge in [0.25, 0.3) is 0 Å². The van der Waals surface area contributed by atoms with E-state index in [0.717, 1.165) is 0 Å². The summed E-state index contributed by atoms with van der Waals surface area (Å²) in [5.41, 5.74) is -0.538. The van der Waals surface area contributed by atoms with Gasteiger partial charge in [-0.1, -0.05) is 20.8 Å². The van der Waals surface area contributed by atoms with Crippen LogP contribution in [0, 0.1) is 23.2 Å². The molecule has 3 atom stereocenters. The molecule has 0 aromatic heterocycles. The van der Waals surface area contributed by atoms with E-state index in [9.17, 15) is 19.8 Å². The van der Waals surface area contributed by atoms with E-state index in [1.54, 1.807) is 20.8 Å². The Morgan fingerprint density at radius 3 is 1.93 bits per heavy atom. The molecule has 1 saturated carbocycles. The van der Waals surface area contributed by atoms with Crippen LogP contribution in [0.4, 0.5) is 0 Å². The first-order chi connectivity index (χ1) is 6.28. The normalized spacial score (nSPS) is 35.5. The SMILES string of the molecule is C[C@H]1[C@@H](C(=O)[O-])C[C@H](C(=O)[O-])C1(C)C. The van der Waals surface area contributed by atoms with Crippen molar-refractivity contribution in [2.45, 2.75) is 27.2 Å². The molecule has 0 aromatic carbocycles. The highest BCUT2D eigenvalue weighted by Crippen LogP contribution is 2.50. The Labute approximate surface area is 82.9 Å². The van der Waals surface area contributed by atoms with Crippen LogP contribution in [0.3, 0.4) is 0 Å². The number of aliphatic carboxylic acids is 2. The fourth-order valence-electron chi connectivity index (χ4n) is 2.30. The zero-order chi connectivity index (χ0) is 11.1. The van der Waals surface area contributed by atoms with Gasteiger partial charge in [-0.05, 0) is 17.8 Å². The van der Waals surface area contributed by atoms with Gasteiger partial charge in [-0.15, -0.1) is 0 Å². The van der Waals surface area contributed by atoms with Gasteiger partial charge in [-0.3, -0.25) is 0 Å². The Hall–Kier alpha value is -1.06. The van der Waals surface area contributed by atoms with E-state index in [4.69, 9.17) is 0 Å². The topological polar surface area (TPSA) is 80.3 Å². The van der Waals surface area contributed by atoms with Crippen LogP contribution in [0.2, 0.25) is 0 Å². The van der Waals surface area contributed by atoms with Gasteiger partial charge in [0.15, 0.2) is 0 Å². The van der Waals surface area contributed by atoms with Crippen molar-refractivity contribution in [3.8, 4) is 0 Å². The number of carbonyl (C=O) groups is 2. The molecule has 0 N–H and O–H groups in total. The van der Waals surface area contributed by atoms with Gasteiger partial charge in [0.1, 0.15) is 0 Å². The standard InChI is InChI=1S/C10H16O4/c1-5-6(8(11)12)4-7(9(13)14)10(5,2)3/h5-7H,4H2,1-3H3,(H,11,12)(H,13,14)/p-2/t5-,6-,7+/m0/s1. The molecular weight excluding hydrogens is 184 g/mol. The molecule has 4 heteroatoms. The van der Waals surface area contributed by atoms with E-state index >= 15 is 0 Å². The van der Waals surface area contributed by atoms with Crippen molar-refractivity contribution >= 4 is 11.9 Å². The minimum atomic E-state index is -1.16. The Morgan fingerprint density at radius 1 is 1.21 bits per heavy atom. The van der Waals surface area contributed by atoms with Crippen molar-refractivity contribution in [3.05, 3.63) is 0 Å². The van der Waals surface area contributed by atoms with Crippen LogP contribution in [-0.4, -0.2) is 11.9 Å². The Kier molecular flexibility index (Phi) is 2.56. The molecule has 0 amide bonds.